The number of para-hydroxylation sites is 2. The molecule has 0 unspecified atom stereocenters. The van der Waals surface area contributed by atoms with E-state index in [2.05, 4.69) is 15.2 Å². The minimum Gasteiger partial charge on any atom is -0.397 e. The summed E-state index contributed by atoms with van der Waals surface area (Å²) in [6.07, 6.45) is 7.07. The zero-order valence-electron chi connectivity index (χ0n) is 20.0. The van der Waals surface area contributed by atoms with Crippen LogP contribution in [0.2, 0.25) is 0 Å². The van der Waals surface area contributed by atoms with Gasteiger partial charge in [0.25, 0.3) is 10.0 Å². The second-order valence-electron chi connectivity index (χ2n) is 8.50. The Kier molecular flexibility index (Phi) is 7.33. The average Bonchev–Trinajstić information content (AvgIpc) is 3.35. The fourth-order valence-corrected chi connectivity index (χ4v) is 4.72. The molecule has 2 heterocycles. The number of pyridine rings is 1. The molecular weight excluding hydrogens is 474 g/mol. The molecule has 2 aromatic heterocycles. The van der Waals surface area contributed by atoms with Gasteiger partial charge in [0, 0.05) is 36.8 Å². The highest BCUT2D eigenvalue weighted by atomic mass is 32.2. The number of hydrogen-bond donors (Lipinski definition) is 2. The van der Waals surface area contributed by atoms with Crippen molar-refractivity contribution in [2.45, 2.75) is 11.4 Å². The summed E-state index contributed by atoms with van der Waals surface area (Å²) in [6, 6.07) is 19.8. The standard InChI is InChI=1S/C27H27N5O3S/c1-31(2)18-20-7-10-22(11-8-20)25-13-12-23(17-29-25)36(34,35)32-16-15-21(19-32)9-14-27(33)30-26-6-4-3-5-24(26)28/h3-17,19H,18,28H2,1-2H3,(H,30,33)/b14-9+. The molecule has 0 saturated carbocycles. The molecule has 0 aliphatic rings. The lowest BCUT2D eigenvalue weighted by atomic mass is 10.1. The lowest BCUT2D eigenvalue weighted by Crippen LogP contribution is -2.11. The summed E-state index contributed by atoms with van der Waals surface area (Å²) in [5, 5.41) is 2.69. The van der Waals surface area contributed by atoms with Crippen LogP contribution in [0.3, 0.4) is 0 Å². The molecule has 3 N–H and O–H groups in total. The van der Waals surface area contributed by atoms with E-state index in [0.717, 1.165) is 16.1 Å². The summed E-state index contributed by atoms with van der Waals surface area (Å²) in [4.78, 5) is 18.7. The largest absolute Gasteiger partial charge is 0.397 e. The third-order valence-electron chi connectivity index (χ3n) is 5.40. The van der Waals surface area contributed by atoms with Crippen LogP contribution in [-0.2, 0) is 21.4 Å². The van der Waals surface area contributed by atoms with E-state index in [1.165, 1.54) is 36.3 Å². The van der Waals surface area contributed by atoms with E-state index in [-0.39, 0.29) is 10.8 Å². The Morgan fingerprint density at radius 2 is 1.81 bits per heavy atom. The number of aromatic nitrogens is 2. The van der Waals surface area contributed by atoms with E-state index in [1.807, 2.05) is 38.4 Å². The van der Waals surface area contributed by atoms with Crippen molar-refractivity contribution in [3.8, 4) is 11.3 Å². The lowest BCUT2D eigenvalue weighted by molar-refractivity contribution is -0.111. The van der Waals surface area contributed by atoms with Crippen LogP contribution >= 0.6 is 0 Å². The first-order valence-electron chi connectivity index (χ1n) is 11.2. The van der Waals surface area contributed by atoms with Crippen LogP contribution in [0, 0.1) is 0 Å². The molecule has 8 nitrogen and oxygen atoms in total. The molecule has 0 spiro atoms. The van der Waals surface area contributed by atoms with Crippen LogP contribution in [0.1, 0.15) is 11.1 Å². The second-order valence-corrected chi connectivity index (χ2v) is 10.3. The highest BCUT2D eigenvalue weighted by Gasteiger charge is 2.17. The van der Waals surface area contributed by atoms with Crippen LogP contribution in [0.5, 0.6) is 0 Å². The van der Waals surface area contributed by atoms with Gasteiger partial charge in [-0.1, -0.05) is 36.4 Å². The molecule has 2 aromatic carbocycles. The van der Waals surface area contributed by atoms with E-state index in [1.54, 1.807) is 42.5 Å². The van der Waals surface area contributed by atoms with Crippen LogP contribution in [0.15, 0.2) is 96.3 Å². The lowest BCUT2D eigenvalue weighted by Gasteiger charge is -2.10. The molecule has 184 valence electrons. The zero-order valence-corrected chi connectivity index (χ0v) is 20.8. The number of nitrogen functional groups attached to an aromatic ring is 1. The smallest absolute Gasteiger partial charge is 0.269 e. The first-order chi connectivity index (χ1) is 17.2. The van der Waals surface area contributed by atoms with E-state index in [0.29, 0.717) is 22.6 Å². The van der Waals surface area contributed by atoms with Crippen LogP contribution in [0.4, 0.5) is 11.4 Å². The third-order valence-corrected chi connectivity index (χ3v) is 7.02. The summed E-state index contributed by atoms with van der Waals surface area (Å²) >= 11 is 0. The van der Waals surface area contributed by atoms with Gasteiger partial charge in [-0.15, -0.1) is 0 Å². The second kappa shape index (κ2) is 10.6. The predicted octanol–water partition coefficient (Wildman–Crippen LogP) is 4.08. The van der Waals surface area contributed by atoms with E-state index >= 15 is 0 Å². The molecular formula is C27H27N5O3S. The fraction of sp³-hybridized carbons (Fsp3) is 0.111. The first kappa shape index (κ1) is 24.9. The number of nitrogens with two attached hydrogens (primary N) is 1. The number of nitrogens with one attached hydrogen (secondary N) is 1. The maximum absolute atomic E-state index is 13.1. The van der Waals surface area contributed by atoms with Crippen molar-refractivity contribution in [2.75, 3.05) is 25.1 Å². The molecule has 4 rings (SSSR count). The number of carbonyl (C=O) groups excluding carboxylic acids is 1. The predicted molar refractivity (Wildman–Crippen MR) is 143 cm³/mol. The molecule has 0 radical (unpaired) electrons. The molecule has 0 saturated heterocycles. The van der Waals surface area contributed by atoms with Gasteiger partial charge in [-0.2, -0.15) is 0 Å². The topological polar surface area (TPSA) is 110 Å². The number of carbonyl (C=O) groups is 1. The van der Waals surface area contributed by atoms with Crippen molar-refractivity contribution < 1.29 is 13.2 Å². The minimum atomic E-state index is -3.83. The van der Waals surface area contributed by atoms with E-state index in [4.69, 9.17) is 5.73 Å². The first-order valence-corrected chi connectivity index (χ1v) is 12.6. The quantitative estimate of drug-likeness (QED) is 0.278. The molecule has 36 heavy (non-hydrogen) atoms. The molecule has 1 amide bonds. The Hall–Kier alpha value is -4.21. The van der Waals surface area contributed by atoms with Gasteiger partial charge in [0.05, 0.1) is 17.1 Å². The number of benzene rings is 2. The summed E-state index contributed by atoms with van der Waals surface area (Å²) in [6.45, 7) is 0.839. The average molecular weight is 502 g/mol. The Labute approximate surface area is 210 Å². The van der Waals surface area contributed by atoms with Crippen LogP contribution in [-0.4, -0.2) is 42.3 Å². The van der Waals surface area contributed by atoms with E-state index in [9.17, 15) is 13.2 Å². The summed E-state index contributed by atoms with van der Waals surface area (Å²) < 4.78 is 27.2. The van der Waals surface area contributed by atoms with Gasteiger partial charge in [-0.05, 0) is 61.6 Å². The maximum Gasteiger partial charge on any atom is 0.269 e. The number of anilines is 2. The summed E-state index contributed by atoms with van der Waals surface area (Å²) in [5.41, 5.74) is 10.1. The van der Waals surface area contributed by atoms with Crippen LogP contribution in [0.25, 0.3) is 17.3 Å². The molecule has 0 fully saturated rings. The summed E-state index contributed by atoms with van der Waals surface area (Å²) in [7, 11) is 0.191. The fourth-order valence-electron chi connectivity index (χ4n) is 3.57. The number of amides is 1. The van der Waals surface area contributed by atoms with Gasteiger partial charge < -0.3 is 16.0 Å². The van der Waals surface area contributed by atoms with Gasteiger partial charge in [0.2, 0.25) is 5.91 Å². The van der Waals surface area contributed by atoms with Crippen molar-refractivity contribution in [2.24, 2.45) is 0 Å². The van der Waals surface area contributed by atoms with Gasteiger partial charge in [-0.3, -0.25) is 9.78 Å². The number of nitrogens with zero attached hydrogens (tertiary/aromatic N) is 3. The molecule has 0 aliphatic heterocycles. The summed E-state index contributed by atoms with van der Waals surface area (Å²) in [5.74, 6) is -0.377. The van der Waals surface area contributed by atoms with Crippen molar-refractivity contribution in [1.29, 1.82) is 0 Å². The maximum atomic E-state index is 13.1. The number of hydrogen-bond acceptors (Lipinski definition) is 6. The third kappa shape index (κ3) is 5.88. The minimum absolute atomic E-state index is 0.0684. The Bertz CT molecular complexity index is 1490. The highest BCUT2D eigenvalue weighted by Crippen LogP contribution is 2.22. The van der Waals surface area contributed by atoms with Crippen molar-refractivity contribution in [3.63, 3.8) is 0 Å². The molecule has 0 aliphatic carbocycles. The normalized spacial score (nSPS) is 11.8. The van der Waals surface area contributed by atoms with E-state index < -0.39 is 10.0 Å². The Balaban J connectivity index is 1.45. The van der Waals surface area contributed by atoms with Crippen molar-refractivity contribution in [1.82, 2.24) is 13.9 Å². The van der Waals surface area contributed by atoms with Gasteiger partial charge in [-0.25, -0.2) is 12.4 Å². The number of rotatable bonds is 8. The molecule has 4 aromatic rings. The SMILES string of the molecule is CN(C)Cc1ccc(-c2ccc(S(=O)(=O)n3ccc(/C=C/C(=O)Nc4ccccc4N)c3)cn2)cc1. The van der Waals surface area contributed by atoms with Crippen LogP contribution < -0.4 is 11.1 Å². The monoisotopic (exact) mass is 501 g/mol. The van der Waals surface area contributed by atoms with Crippen molar-refractivity contribution >= 4 is 33.4 Å². The van der Waals surface area contributed by atoms with Gasteiger partial charge >= 0.3 is 0 Å². The Morgan fingerprint density at radius 1 is 1.06 bits per heavy atom. The van der Waals surface area contributed by atoms with Gasteiger partial charge in [0.15, 0.2) is 0 Å². The molecule has 0 atom stereocenters. The Morgan fingerprint density at radius 3 is 2.47 bits per heavy atom. The molecule has 0 bridgehead atoms. The molecule has 9 heteroatoms. The zero-order chi connectivity index (χ0) is 25.7. The highest BCUT2D eigenvalue weighted by molar-refractivity contribution is 7.90. The van der Waals surface area contributed by atoms with Crippen molar-refractivity contribution in [3.05, 3.63) is 103 Å². The van der Waals surface area contributed by atoms with Gasteiger partial charge in [0.1, 0.15) is 4.90 Å².